The van der Waals surface area contributed by atoms with Crippen LogP contribution in [0.2, 0.25) is 0 Å². The Morgan fingerprint density at radius 3 is 2.79 bits per heavy atom. The molecule has 0 bridgehead atoms. The molecule has 0 unspecified atom stereocenters. The smallest absolute Gasteiger partial charge is 0.122 e. The van der Waals surface area contributed by atoms with Crippen LogP contribution in [0.5, 0.6) is 5.75 Å². The number of ether oxygens (including phenoxy) is 2. The molecule has 0 saturated carbocycles. The van der Waals surface area contributed by atoms with E-state index in [9.17, 15) is 0 Å². The topological polar surface area (TPSA) is 21.7 Å². The molecular weight excluding hydrogens is 238 g/mol. The molecule has 3 heteroatoms. The summed E-state index contributed by atoms with van der Waals surface area (Å²) in [6.45, 7) is 9.59. The Bertz CT molecular complexity index is 423. The molecule has 1 aromatic carbocycles. The first-order valence-corrected chi connectivity index (χ1v) is 6.91. The third-order valence-electron chi connectivity index (χ3n) is 3.52. The molecule has 3 nitrogen and oxygen atoms in total. The molecule has 1 fully saturated rings. The van der Waals surface area contributed by atoms with Crippen LogP contribution in [0.25, 0.3) is 0 Å². The van der Waals surface area contributed by atoms with Crippen molar-refractivity contribution in [3.05, 3.63) is 41.5 Å². The third kappa shape index (κ3) is 4.37. The molecule has 0 atom stereocenters. The molecule has 1 saturated heterocycles. The van der Waals surface area contributed by atoms with Crippen molar-refractivity contribution in [1.29, 1.82) is 0 Å². The summed E-state index contributed by atoms with van der Waals surface area (Å²) in [7, 11) is 0. The van der Waals surface area contributed by atoms with Gasteiger partial charge in [-0.25, -0.2) is 0 Å². The van der Waals surface area contributed by atoms with Crippen LogP contribution in [-0.2, 0) is 4.74 Å². The number of rotatable bonds is 5. The van der Waals surface area contributed by atoms with Gasteiger partial charge in [0.2, 0.25) is 0 Å². The highest BCUT2D eigenvalue weighted by molar-refractivity contribution is 5.38. The number of morpholine rings is 1. The lowest BCUT2D eigenvalue weighted by Crippen LogP contribution is -2.36. The minimum Gasteiger partial charge on any atom is -0.489 e. The fourth-order valence-corrected chi connectivity index (χ4v) is 2.09. The van der Waals surface area contributed by atoms with Crippen LogP contribution < -0.4 is 4.74 Å². The minimum absolute atomic E-state index is 0.634. The number of benzene rings is 1. The highest BCUT2D eigenvalue weighted by Crippen LogP contribution is 2.20. The van der Waals surface area contributed by atoms with Crippen molar-refractivity contribution in [1.82, 2.24) is 4.90 Å². The second kappa shape index (κ2) is 7.31. The molecule has 0 radical (unpaired) electrons. The van der Waals surface area contributed by atoms with Gasteiger partial charge in [-0.05, 0) is 31.0 Å². The molecule has 104 valence electrons. The third-order valence-corrected chi connectivity index (χ3v) is 3.52. The summed E-state index contributed by atoms with van der Waals surface area (Å²) in [6.07, 6.45) is 4.27. The van der Waals surface area contributed by atoms with Gasteiger partial charge in [-0.3, -0.25) is 4.90 Å². The summed E-state index contributed by atoms with van der Waals surface area (Å²) in [5.41, 5.74) is 2.50. The van der Waals surface area contributed by atoms with Crippen molar-refractivity contribution in [2.24, 2.45) is 0 Å². The van der Waals surface area contributed by atoms with Crippen molar-refractivity contribution in [3.63, 3.8) is 0 Å². The van der Waals surface area contributed by atoms with Crippen LogP contribution in [0, 0.1) is 13.8 Å². The van der Waals surface area contributed by atoms with Crippen LogP contribution in [0.1, 0.15) is 11.1 Å². The Morgan fingerprint density at radius 1 is 1.21 bits per heavy atom. The summed E-state index contributed by atoms with van der Waals surface area (Å²) >= 11 is 0. The van der Waals surface area contributed by atoms with Crippen LogP contribution >= 0.6 is 0 Å². The van der Waals surface area contributed by atoms with E-state index in [1.54, 1.807) is 0 Å². The number of aryl methyl sites for hydroxylation is 1. The van der Waals surface area contributed by atoms with Gasteiger partial charge in [0.25, 0.3) is 0 Å². The molecular formula is C16H23NO2. The lowest BCUT2D eigenvalue weighted by atomic mass is 10.1. The van der Waals surface area contributed by atoms with E-state index >= 15 is 0 Å². The average Bonchev–Trinajstić information content (AvgIpc) is 2.44. The van der Waals surface area contributed by atoms with Gasteiger partial charge in [-0.15, -0.1) is 0 Å². The zero-order valence-electron chi connectivity index (χ0n) is 11.9. The van der Waals surface area contributed by atoms with Gasteiger partial charge in [0.1, 0.15) is 12.4 Å². The second-order valence-electron chi connectivity index (χ2n) is 4.89. The first kappa shape index (κ1) is 14.1. The van der Waals surface area contributed by atoms with E-state index in [1.165, 1.54) is 11.1 Å². The number of hydrogen-bond donors (Lipinski definition) is 0. The summed E-state index contributed by atoms with van der Waals surface area (Å²) in [4.78, 5) is 2.39. The Morgan fingerprint density at radius 2 is 2.00 bits per heavy atom. The first-order valence-electron chi connectivity index (χ1n) is 6.91. The Balaban J connectivity index is 1.72. The van der Waals surface area contributed by atoms with Crippen molar-refractivity contribution < 1.29 is 9.47 Å². The largest absolute Gasteiger partial charge is 0.489 e. The van der Waals surface area contributed by atoms with Gasteiger partial charge < -0.3 is 9.47 Å². The second-order valence-corrected chi connectivity index (χ2v) is 4.89. The van der Waals surface area contributed by atoms with E-state index in [0.717, 1.165) is 38.6 Å². The van der Waals surface area contributed by atoms with Crippen molar-refractivity contribution in [2.45, 2.75) is 13.8 Å². The van der Waals surface area contributed by atoms with Gasteiger partial charge in [0.15, 0.2) is 0 Å². The molecule has 2 rings (SSSR count). The van der Waals surface area contributed by atoms with E-state index < -0.39 is 0 Å². The average molecular weight is 261 g/mol. The van der Waals surface area contributed by atoms with Crippen LogP contribution in [0.4, 0.5) is 0 Å². The van der Waals surface area contributed by atoms with Gasteiger partial charge in [0.05, 0.1) is 13.2 Å². The standard InChI is InChI=1S/C16H23NO2/c1-14-6-5-7-16(15(14)2)19-11-4-3-8-17-9-12-18-13-10-17/h3-7H,8-13H2,1-2H3/b4-3+. The molecule has 1 aliphatic heterocycles. The van der Waals surface area contributed by atoms with Crippen molar-refractivity contribution in [2.75, 3.05) is 39.5 Å². The highest BCUT2D eigenvalue weighted by Gasteiger charge is 2.07. The van der Waals surface area contributed by atoms with Crippen LogP contribution in [-0.4, -0.2) is 44.4 Å². The summed E-state index contributed by atoms with van der Waals surface area (Å²) in [5, 5.41) is 0. The van der Waals surface area contributed by atoms with Crippen LogP contribution in [0.3, 0.4) is 0 Å². The normalized spacial score (nSPS) is 16.9. The first-order chi connectivity index (χ1) is 9.27. The summed E-state index contributed by atoms with van der Waals surface area (Å²) < 4.78 is 11.1. The van der Waals surface area contributed by atoms with E-state index in [-0.39, 0.29) is 0 Å². The molecule has 0 aliphatic carbocycles. The highest BCUT2D eigenvalue weighted by atomic mass is 16.5. The molecule has 0 spiro atoms. The Hall–Kier alpha value is -1.32. The lowest BCUT2D eigenvalue weighted by molar-refractivity contribution is 0.0434. The zero-order chi connectivity index (χ0) is 13.5. The van der Waals surface area contributed by atoms with Gasteiger partial charge in [0, 0.05) is 19.6 Å². The Kier molecular flexibility index (Phi) is 5.43. The Labute approximate surface area is 115 Å². The molecule has 0 aromatic heterocycles. The van der Waals surface area contributed by atoms with Crippen molar-refractivity contribution in [3.8, 4) is 5.75 Å². The maximum Gasteiger partial charge on any atom is 0.122 e. The quantitative estimate of drug-likeness (QED) is 0.760. The zero-order valence-corrected chi connectivity index (χ0v) is 11.9. The SMILES string of the molecule is Cc1cccc(OC/C=C/CN2CCOCC2)c1C. The van der Waals surface area contributed by atoms with E-state index in [0.29, 0.717) is 6.61 Å². The lowest BCUT2D eigenvalue weighted by Gasteiger charge is -2.25. The van der Waals surface area contributed by atoms with Crippen LogP contribution in [0.15, 0.2) is 30.4 Å². The number of nitrogens with zero attached hydrogens (tertiary/aromatic N) is 1. The summed E-state index contributed by atoms with van der Waals surface area (Å²) in [6, 6.07) is 6.17. The minimum atomic E-state index is 0.634. The maximum atomic E-state index is 5.78. The number of hydrogen-bond acceptors (Lipinski definition) is 3. The predicted molar refractivity (Wildman–Crippen MR) is 77.8 cm³/mol. The molecule has 19 heavy (non-hydrogen) atoms. The molecule has 1 heterocycles. The van der Waals surface area contributed by atoms with E-state index in [4.69, 9.17) is 9.47 Å². The van der Waals surface area contributed by atoms with Crippen molar-refractivity contribution >= 4 is 0 Å². The van der Waals surface area contributed by atoms with Gasteiger partial charge in [-0.1, -0.05) is 24.3 Å². The monoisotopic (exact) mass is 261 g/mol. The molecule has 1 aliphatic rings. The summed E-state index contributed by atoms with van der Waals surface area (Å²) in [5.74, 6) is 0.982. The van der Waals surface area contributed by atoms with Gasteiger partial charge in [-0.2, -0.15) is 0 Å². The van der Waals surface area contributed by atoms with E-state index in [2.05, 4.69) is 37.0 Å². The predicted octanol–water partition coefficient (Wildman–Crippen LogP) is 2.57. The maximum absolute atomic E-state index is 5.78. The molecule has 0 amide bonds. The fourth-order valence-electron chi connectivity index (χ4n) is 2.09. The molecule has 0 N–H and O–H groups in total. The van der Waals surface area contributed by atoms with E-state index in [1.807, 2.05) is 12.1 Å². The fraction of sp³-hybridized carbons (Fsp3) is 0.500. The molecule has 1 aromatic rings. The van der Waals surface area contributed by atoms with Gasteiger partial charge >= 0.3 is 0 Å².